The quantitative estimate of drug-likeness (QED) is 0.0275. The Morgan fingerprint density at radius 3 is 1.00 bits per heavy atom. The summed E-state index contributed by atoms with van der Waals surface area (Å²) in [5.74, 6) is -2.31. The molecule has 22 heteroatoms. The lowest BCUT2D eigenvalue weighted by molar-refractivity contribution is -0.385. The number of sulfone groups is 2. The minimum atomic E-state index is -4.37. The van der Waals surface area contributed by atoms with Crippen molar-refractivity contribution in [2.45, 2.75) is 23.6 Å². The number of hydrogen-bond acceptors (Lipinski definition) is 16. The van der Waals surface area contributed by atoms with E-state index in [1.54, 1.807) is 36.4 Å². The molecule has 0 fully saturated rings. The Morgan fingerprint density at radius 1 is 0.439 bits per heavy atom. The van der Waals surface area contributed by atoms with Gasteiger partial charge >= 0.3 is 0 Å². The molecule has 2 amide bonds. The van der Waals surface area contributed by atoms with Crippen LogP contribution >= 0.6 is 0 Å². The van der Waals surface area contributed by atoms with E-state index in [1.807, 2.05) is 0 Å². The normalized spacial score (nSPS) is 11.5. The molecule has 0 unspecified atom stereocenters. The zero-order chi connectivity index (χ0) is 48.0. The Labute approximate surface area is 376 Å². The molecule has 0 aromatic heterocycles. The summed E-state index contributed by atoms with van der Waals surface area (Å²) in [6, 6.07) is 36.3. The molecule has 66 heavy (non-hydrogen) atoms. The van der Waals surface area contributed by atoms with Gasteiger partial charge in [-0.3, -0.25) is 50.3 Å². The number of nitro benzene ring substituents is 2. The van der Waals surface area contributed by atoms with Crippen LogP contribution in [0.3, 0.4) is 0 Å². The summed E-state index contributed by atoms with van der Waals surface area (Å²) in [5, 5.41) is 32.8. The van der Waals surface area contributed by atoms with Gasteiger partial charge in [0.25, 0.3) is 11.4 Å². The summed E-state index contributed by atoms with van der Waals surface area (Å²) < 4.78 is 53.1. The summed E-state index contributed by atoms with van der Waals surface area (Å²) in [6.07, 6.45) is 0. The fourth-order valence-corrected chi connectivity index (χ4v) is 7.99. The summed E-state index contributed by atoms with van der Waals surface area (Å²) in [7, 11) is -8.74. The number of anilines is 4. The second kappa shape index (κ2) is 21.5. The molecule has 6 rings (SSSR count). The molecule has 0 aliphatic carbocycles. The van der Waals surface area contributed by atoms with Crippen LogP contribution in [-0.4, -0.2) is 60.2 Å². The van der Waals surface area contributed by atoms with E-state index in [2.05, 4.69) is 31.7 Å². The van der Waals surface area contributed by atoms with Crippen LogP contribution in [0.2, 0.25) is 0 Å². The van der Waals surface area contributed by atoms with E-state index in [9.17, 15) is 56.2 Å². The van der Waals surface area contributed by atoms with Crippen LogP contribution in [0.5, 0.6) is 0 Å². The Morgan fingerprint density at radius 2 is 0.727 bits per heavy atom. The Hall–Kier alpha value is -8.76. The van der Waals surface area contributed by atoms with Crippen LogP contribution < -0.4 is 21.5 Å². The van der Waals surface area contributed by atoms with E-state index < -0.39 is 51.2 Å². The predicted molar refractivity (Wildman–Crippen MR) is 246 cm³/mol. The number of Topliss-reactive ketones (excluding diaryl/α,β-unsaturated/α-hetero) is 2. The summed E-state index contributed by atoms with van der Waals surface area (Å²) in [5.41, 5.74) is 6.14. The van der Waals surface area contributed by atoms with Crippen LogP contribution in [0.25, 0.3) is 0 Å². The van der Waals surface area contributed by atoms with E-state index in [1.165, 1.54) is 135 Å². The van der Waals surface area contributed by atoms with Crippen molar-refractivity contribution >= 4 is 87.3 Å². The van der Waals surface area contributed by atoms with Crippen molar-refractivity contribution < 1.29 is 45.9 Å². The average molecular weight is 933 g/mol. The molecule has 6 aromatic carbocycles. The van der Waals surface area contributed by atoms with Crippen molar-refractivity contribution in [2.24, 2.45) is 10.2 Å². The number of hydrazone groups is 2. The summed E-state index contributed by atoms with van der Waals surface area (Å²) in [4.78, 5) is 68.5. The molecule has 0 radical (unpaired) electrons. The lowest BCUT2D eigenvalue weighted by Gasteiger charge is -2.10. The molecule has 0 aliphatic rings. The van der Waals surface area contributed by atoms with Crippen LogP contribution in [-0.2, 0) is 29.3 Å². The van der Waals surface area contributed by atoms with E-state index in [0.717, 1.165) is 0 Å². The van der Waals surface area contributed by atoms with Crippen molar-refractivity contribution in [3.63, 3.8) is 0 Å². The third-order valence-corrected chi connectivity index (χ3v) is 12.0. The molecule has 0 bridgehead atoms. The lowest BCUT2D eigenvalue weighted by atomic mass is 10.1. The van der Waals surface area contributed by atoms with E-state index in [-0.39, 0.29) is 55.5 Å². The number of nitro groups is 2. The first kappa shape index (κ1) is 48.3. The maximum atomic E-state index is 13.3. The van der Waals surface area contributed by atoms with Gasteiger partial charge in [-0.2, -0.15) is 10.2 Å². The fraction of sp³-hybridized carbons (Fsp3) is 0.0455. The number of ketones is 2. The van der Waals surface area contributed by atoms with Gasteiger partial charge in [0.05, 0.1) is 31.0 Å². The minimum Gasteiger partial charge on any atom is -0.326 e. The smallest absolute Gasteiger partial charge is 0.269 e. The first-order valence-electron chi connectivity index (χ1n) is 19.0. The Bertz CT molecular complexity index is 2850. The highest BCUT2D eigenvalue weighted by atomic mass is 32.2. The molecule has 6 aromatic rings. The summed E-state index contributed by atoms with van der Waals surface area (Å²) in [6.45, 7) is 2.63. The molecular formula is C44H36N8O12S2. The zero-order valence-corrected chi connectivity index (χ0v) is 36.1. The number of benzene rings is 6. The second-order valence-corrected chi connectivity index (χ2v) is 17.2. The first-order chi connectivity index (χ1) is 31.4. The number of hydrogen-bond donors (Lipinski definition) is 4. The Balaban J connectivity index is 0.000000247. The summed E-state index contributed by atoms with van der Waals surface area (Å²) >= 11 is 0. The second-order valence-electron chi connectivity index (χ2n) is 13.5. The number of carbonyl (C=O) groups excluding carboxylic acids is 4. The minimum absolute atomic E-state index is 0.111. The molecule has 4 N–H and O–H groups in total. The first-order valence-corrected chi connectivity index (χ1v) is 21.9. The lowest BCUT2D eigenvalue weighted by Crippen LogP contribution is -2.26. The van der Waals surface area contributed by atoms with Crippen LogP contribution in [0, 0.1) is 20.2 Å². The number of non-ortho nitro benzene ring substituents is 2. The predicted octanol–water partition coefficient (Wildman–Crippen LogP) is 7.27. The molecular weight excluding hydrogens is 897 g/mol. The molecule has 0 saturated carbocycles. The zero-order valence-electron chi connectivity index (χ0n) is 34.5. The van der Waals surface area contributed by atoms with Gasteiger partial charge in [-0.25, -0.2) is 16.8 Å². The van der Waals surface area contributed by atoms with Crippen LogP contribution in [0.4, 0.5) is 34.1 Å². The SMILES string of the molecule is CC(=O)Nc1ccc(S(=O)(=O)/C(=N\Nc2ccc([N+](=O)[O-])cc2)C(=O)c2ccccc2)cc1.CC(=O)Nc1ccc(S(=O)(=O)/C(=N\Nc2ccc([N+](=O)[O-])cc2)C(=O)c2ccccc2)cc1. The Kier molecular flexibility index (Phi) is 15.8. The largest absolute Gasteiger partial charge is 0.326 e. The van der Waals surface area contributed by atoms with Crippen molar-refractivity contribution in [2.75, 3.05) is 21.5 Å². The topological polar surface area (TPSA) is 296 Å². The molecule has 20 nitrogen and oxygen atoms in total. The molecule has 0 aliphatic heterocycles. The number of nitrogens with zero attached hydrogens (tertiary/aromatic N) is 4. The number of nitrogens with one attached hydrogen (secondary N) is 4. The van der Waals surface area contributed by atoms with Crippen molar-refractivity contribution in [1.29, 1.82) is 0 Å². The fourth-order valence-electron chi connectivity index (χ4n) is 5.50. The van der Waals surface area contributed by atoms with Crippen LogP contribution in [0.1, 0.15) is 34.6 Å². The van der Waals surface area contributed by atoms with Gasteiger partial charge in [-0.15, -0.1) is 0 Å². The average Bonchev–Trinajstić information content (AvgIpc) is 3.30. The van der Waals surface area contributed by atoms with Gasteiger partial charge in [-0.05, 0) is 72.8 Å². The van der Waals surface area contributed by atoms with Gasteiger partial charge in [0, 0.05) is 60.6 Å². The van der Waals surface area contributed by atoms with Gasteiger partial charge in [0.1, 0.15) is 0 Å². The maximum absolute atomic E-state index is 13.3. The molecule has 0 heterocycles. The van der Waals surface area contributed by atoms with Gasteiger partial charge in [0.15, 0.2) is 0 Å². The third kappa shape index (κ3) is 12.7. The molecule has 0 saturated heterocycles. The monoisotopic (exact) mass is 932 g/mol. The van der Waals surface area contributed by atoms with Gasteiger partial charge in [0.2, 0.25) is 53.1 Å². The van der Waals surface area contributed by atoms with E-state index in [4.69, 9.17) is 0 Å². The highest BCUT2D eigenvalue weighted by molar-refractivity contribution is 8.08. The highest BCUT2D eigenvalue weighted by Crippen LogP contribution is 2.23. The number of rotatable bonds is 14. The molecule has 336 valence electrons. The van der Waals surface area contributed by atoms with Crippen molar-refractivity contribution in [3.8, 4) is 0 Å². The third-order valence-electron chi connectivity index (χ3n) is 8.67. The van der Waals surface area contributed by atoms with Gasteiger partial charge in [-0.1, -0.05) is 60.7 Å². The number of amides is 2. The van der Waals surface area contributed by atoms with E-state index in [0.29, 0.717) is 11.4 Å². The van der Waals surface area contributed by atoms with Gasteiger partial charge < -0.3 is 10.6 Å². The highest BCUT2D eigenvalue weighted by Gasteiger charge is 2.32. The van der Waals surface area contributed by atoms with Crippen molar-refractivity contribution in [1.82, 2.24) is 0 Å². The van der Waals surface area contributed by atoms with Crippen LogP contribution in [0.15, 0.2) is 178 Å². The van der Waals surface area contributed by atoms with Crippen molar-refractivity contribution in [3.05, 3.63) is 189 Å². The maximum Gasteiger partial charge on any atom is 0.269 e. The molecule has 0 atom stereocenters. The number of carbonyl (C=O) groups is 4. The standard InChI is InChI=1S/2C22H18N4O6S/c2*1-15(27)23-17-9-13-20(14-10-17)33(31,32)22(21(28)16-5-3-2-4-6-16)25-24-18-7-11-19(12-8-18)26(29)30/h2*2-14,24H,1H3,(H,23,27)/b2*25-22-. The van der Waals surface area contributed by atoms with E-state index >= 15 is 0 Å². The molecule has 0 spiro atoms.